The molecule has 3 N–H and O–H groups in total. The zero-order valence-electron chi connectivity index (χ0n) is 19.2. The van der Waals surface area contributed by atoms with Crippen molar-refractivity contribution in [2.45, 2.75) is 6.92 Å². The van der Waals surface area contributed by atoms with Gasteiger partial charge >= 0.3 is 6.01 Å². The summed E-state index contributed by atoms with van der Waals surface area (Å²) >= 11 is 0. The van der Waals surface area contributed by atoms with Crippen molar-refractivity contribution in [3.63, 3.8) is 0 Å². The smallest absolute Gasteiger partial charge is 0.316 e. The largest absolute Gasteiger partial charge is 0.467 e. The number of aromatic nitrogens is 5. The summed E-state index contributed by atoms with van der Waals surface area (Å²) < 4.78 is 35.0. The van der Waals surface area contributed by atoms with E-state index in [-0.39, 0.29) is 40.3 Å². The molecule has 0 aliphatic heterocycles. The van der Waals surface area contributed by atoms with E-state index >= 15 is 0 Å². The number of nitrogens with two attached hydrogens (primary N) is 1. The zero-order chi connectivity index (χ0) is 25.5. The van der Waals surface area contributed by atoms with Crippen LogP contribution in [-0.2, 0) is 7.05 Å². The van der Waals surface area contributed by atoms with Crippen molar-refractivity contribution in [1.29, 1.82) is 0 Å². The number of amidine groups is 1. The average Bonchev–Trinajstić information content (AvgIpc) is 3.23. The first-order chi connectivity index (χ1) is 16.8. The van der Waals surface area contributed by atoms with Gasteiger partial charge in [-0.3, -0.25) is 9.48 Å². The van der Waals surface area contributed by atoms with Gasteiger partial charge in [-0.05, 0) is 6.92 Å². The van der Waals surface area contributed by atoms with E-state index in [9.17, 15) is 13.6 Å². The van der Waals surface area contributed by atoms with Gasteiger partial charge in [0.25, 0.3) is 5.91 Å². The van der Waals surface area contributed by atoms with Crippen molar-refractivity contribution >= 4 is 23.2 Å². The molecule has 0 saturated carbocycles. The average molecular weight is 480 g/mol. The van der Waals surface area contributed by atoms with Crippen molar-refractivity contribution < 1.29 is 18.3 Å². The van der Waals surface area contributed by atoms with Crippen molar-refractivity contribution in [2.24, 2.45) is 17.8 Å². The molecule has 1 amide bonds. The lowest BCUT2D eigenvalue weighted by atomic mass is 10.1. The molecule has 0 aliphatic carbocycles. The molecule has 0 unspecified atom stereocenters. The molecule has 12 heteroatoms. The molecule has 35 heavy (non-hydrogen) atoms. The van der Waals surface area contributed by atoms with Crippen LogP contribution < -0.4 is 15.8 Å². The number of ether oxygens (including phenoxy) is 1. The Bertz CT molecular complexity index is 1360. The standard InChI is InChI=1S/C23H22F2N8O2/c1-5-7-8-13(6-2)21(26)31-18-9-17(15(24)11-27-18)30-22(34)20-14(10-29-33(20)3)19-16(25)12-28-23(32-19)35-4/h5-12H,1H2,2-4H3,(H3,26,27,30,31,34)/b8-7-,13-6+. The summed E-state index contributed by atoms with van der Waals surface area (Å²) in [5, 5.41) is 6.45. The molecular formula is C23H22F2N8O2. The number of pyridine rings is 1. The van der Waals surface area contributed by atoms with Crippen LogP contribution >= 0.6 is 0 Å². The van der Waals surface area contributed by atoms with Gasteiger partial charge in [-0.15, -0.1) is 0 Å². The number of halogens is 2. The van der Waals surface area contributed by atoms with Crippen LogP contribution in [0.15, 0.2) is 66.1 Å². The highest BCUT2D eigenvalue weighted by Gasteiger charge is 2.23. The van der Waals surface area contributed by atoms with Gasteiger partial charge in [-0.2, -0.15) is 10.1 Å². The van der Waals surface area contributed by atoms with E-state index < -0.39 is 17.5 Å². The highest BCUT2D eigenvalue weighted by molar-refractivity contribution is 6.07. The normalized spacial score (nSPS) is 12.1. The van der Waals surface area contributed by atoms with E-state index in [4.69, 9.17) is 10.5 Å². The third kappa shape index (κ3) is 5.61. The summed E-state index contributed by atoms with van der Waals surface area (Å²) in [5.74, 6) is -2.19. The first kappa shape index (κ1) is 24.9. The first-order valence-electron chi connectivity index (χ1n) is 10.1. The van der Waals surface area contributed by atoms with Crippen LogP contribution in [0.5, 0.6) is 6.01 Å². The van der Waals surface area contributed by atoms with Gasteiger partial charge in [-0.25, -0.2) is 23.7 Å². The minimum absolute atomic E-state index is 0.0577. The van der Waals surface area contributed by atoms with Gasteiger partial charge in [0.1, 0.15) is 17.2 Å². The van der Waals surface area contributed by atoms with Crippen LogP contribution in [0.4, 0.5) is 20.3 Å². The molecule has 0 fully saturated rings. The number of aliphatic imine (C=N–C) groups is 1. The van der Waals surface area contributed by atoms with E-state index in [1.54, 1.807) is 31.2 Å². The quantitative estimate of drug-likeness (QED) is 0.286. The molecule has 0 bridgehead atoms. The summed E-state index contributed by atoms with van der Waals surface area (Å²) in [6.45, 7) is 5.37. The fraction of sp³-hybridized carbons (Fsp3) is 0.130. The monoisotopic (exact) mass is 480 g/mol. The molecule has 3 rings (SSSR count). The Labute approximate surface area is 199 Å². The summed E-state index contributed by atoms with van der Waals surface area (Å²) in [4.78, 5) is 28.8. The topological polar surface area (TPSA) is 133 Å². The first-order valence-corrected chi connectivity index (χ1v) is 10.1. The fourth-order valence-corrected chi connectivity index (χ4v) is 2.97. The Kier molecular flexibility index (Phi) is 7.77. The third-order valence-corrected chi connectivity index (χ3v) is 4.66. The molecule has 0 aromatic carbocycles. The minimum Gasteiger partial charge on any atom is -0.467 e. The van der Waals surface area contributed by atoms with Gasteiger partial charge in [-0.1, -0.05) is 30.9 Å². The molecule has 0 saturated heterocycles. The van der Waals surface area contributed by atoms with E-state index in [0.717, 1.165) is 12.4 Å². The number of nitrogens with zero attached hydrogens (tertiary/aromatic N) is 6. The number of hydrogen-bond donors (Lipinski definition) is 2. The second-order valence-electron chi connectivity index (χ2n) is 6.90. The van der Waals surface area contributed by atoms with Crippen molar-refractivity contribution in [1.82, 2.24) is 24.7 Å². The Morgan fingerprint density at radius 1 is 1.26 bits per heavy atom. The lowest BCUT2D eigenvalue weighted by Crippen LogP contribution is -2.18. The van der Waals surface area contributed by atoms with Crippen LogP contribution in [0.2, 0.25) is 0 Å². The van der Waals surface area contributed by atoms with E-state index in [1.165, 1.54) is 31.1 Å². The van der Waals surface area contributed by atoms with Gasteiger partial charge in [0.2, 0.25) is 0 Å². The maximum atomic E-state index is 14.5. The van der Waals surface area contributed by atoms with Crippen molar-refractivity contribution in [2.75, 3.05) is 12.4 Å². The molecular weight excluding hydrogens is 458 g/mol. The number of allylic oxidation sites excluding steroid dienone is 3. The Hall–Kier alpha value is -4.74. The molecule has 180 valence electrons. The molecule has 0 aliphatic rings. The Morgan fingerprint density at radius 3 is 2.69 bits per heavy atom. The molecule has 0 atom stereocenters. The summed E-state index contributed by atoms with van der Waals surface area (Å²) in [7, 11) is 2.80. The third-order valence-electron chi connectivity index (χ3n) is 4.66. The molecule has 3 aromatic rings. The molecule has 0 spiro atoms. The van der Waals surface area contributed by atoms with Crippen LogP contribution in [0.25, 0.3) is 11.3 Å². The van der Waals surface area contributed by atoms with Crippen molar-refractivity contribution in [3.8, 4) is 17.3 Å². The highest BCUT2D eigenvalue weighted by Crippen LogP contribution is 2.27. The molecule has 3 aromatic heterocycles. The summed E-state index contributed by atoms with van der Waals surface area (Å²) in [5.41, 5.74) is 6.19. The number of carbonyl (C=O) groups is 1. The van der Waals surface area contributed by atoms with E-state index in [2.05, 4.69) is 36.9 Å². The lowest BCUT2D eigenvalue weighted by molar-refractivity contribution is 0.101. The number of aryl methyl sites for hydroxylation is 1. The zero-order valence-corrected chi connectivity index (χ0v) is 19.2. The van der Waals surface area contributed by atoms with Gasteiger partial charge in [0, 0.05) is 18.7 Å². The van der Waals surface area contributed by atoms with Crippen molar-refractivity contribution in [3.05, 3.63) is 78.4 Å². The minimum atomic E-state index is -0.813. The molecule has 3 heterocycles. The van der Waals surface area contributed by atoms with Crippen LogP contribution in [0, 0.1) is 11.6 Å². The van der Waals surface area contributed by atoms with Crippen LogP contribution in [0.3, 0.4) is 0 Å². The van der Waals surface area contributed by atoms with Gasteiger partial charge in [0.15, 0.2) is 17.5 Å². The van der Waals surface area contributed by atoms with E-state index in [1.807, 2.05) is 0 Å². The molecule has 0 radical (unpaired) electrons. The fourth-order valence-electron chi connectivity index (χ4n) is 2.97. The number of hydrogen-bond acceptors (Lipinski definition) is 7. The lowest BCUT2D eigenvalue weighted by Gasteiger charge is -2.10. The number of methoxy groups -OCH3 is 1. The predicted molar refractivity (Wildman–Crippen MR) is 127 cm³/mol. The Morgan fingerprint density at radius 2 is 2.00 bits per heavy atom. The number of carbonyl (C=O) groups excluding carboxylic acids is 1. The number of anilines is 1. The summed E-state index contributed by atoms with van der Waals surface area (Å²) in [6, 6.07) is 1.12. The number of nitrogens with one attached hydrogen (secondary N) is 1. The van der Waals surface area contributed by atoms with E-state index in [0.29, 0.717) is 5.57 Å². The van der Waals surface area contributed by atoms with Crippen LogP contribution in [-0.4, -0.2) is 43.6 Å². The number of rotatable bonds is 8. The second kappa shape index (κ2) is 10.9. The highest BCUT2D eigenvalue weighted by atomic mass is 19.1. The maximum absolute atomic E-state index is 14.5. The Balaban J connectivity index is 1.95. The van der Waals surface area contributed by atoms with Gasteiger partial charge < -0.3 is 15.8 Å². The van der Waals surface area contributed by atoms with Gasteiger partial charge in [0.05, 0.1) is 37.0 Å². The molecule has 10 nitrogen and oxygen atoms in total. The SMILES string of the molecule is C=C/C=C\C(=C/C)C(N)=Nc1cc(NC(=O)c2c(-c3nc(OC)ncc3F)cnn2C)c(F)cn1. The van der Waals surface area contributed by atoms with Crippen LogP contribution in [0.1, 0.15) is 17.4 Å². The second-order valence-corrected chi connectivity index (χ2v) is 6.90. The summed E-state index contributed by atoms with van der Waals surface area (Å²) in [6.07, 6.45) is 9.76. The maximum Gasteiger partial charge on any atom is 0.316 e. The predicted octanol–water partition coefficient (Wildman–Crippen LogP) is 3.49. The number of amides is 1.